The molecule has 0 aliphatic carbocycles. The van der Waals surface area contributed by atoms with E-state index in [1.54, 1.807) is 0 Å². The zero-order valence-electron chi connectivity index (χ0n) is 11.5. The smallest absolute Gasteiger partial charge is 0.323 e. The minimum Gasteiger partial charge on any atom is -0.323 e. The van der Waals surface area contributed by atoms with Crippen LogP contribution in [0.15, 0.2) is 18.2 Å². The predicted octanol–water partition coefficient (Wildman–Crippen LogP) is 1.57. The summed E-state index contributed by atoms with van der Waals surface area (Å²) in [6, 6.07) is 3.95. The summed E-state index contributed by atoms with van der Waals surface area (Å²) >= 11 is 0. The van der Waals surface area contributed by atoms with Crippen molar-refractivity contribution < 1.29 is 34.7 Å². The first kappa shape index (κ1) is 17.2. The summed E-state index contributed by atoms with van der Waals surface area (Å²) < 4.78 is 69.4. The van der Waals surface area contributed by atoms with E-state index in [0.717, 1.165) is 19.1 Å². The largest absolute Gasteiger partial charge is 0.417 e. The SMILES string of the molecule is CC1(C(=O)Nc2ccc(C#N)c(C(F)(F)F)c2)COS(=O)(=O)O1. The number of halogens is 3. The highest BCUT2D eigenvalue weighted by Crippen LogP contribution is 2.34. The molecule has 1 atom stereocenters. The minimum atomic E-state index is -4.79. The second kappa shape index (κ2) is 5.48. The van der Waals surface area contributed by atoms with Gasteiger partial charge in [-0.25, -0.2) is 8.37 Å². The van der Waals surface area contributed by atoms with Crippen LogP contribution in [0.25, 0.3) is 0 Å². The Morgan fingerprint density at radius 1 is 1.43 bits per heavy atom. The number of nitriles is 1. The van der Waals surface area contributed by atoms with E-state index in [0.29, 0.717) is 6.07 Å². The lowest BCUT2D eigenvalue weighted by Crippen LogP contribution is -2.42. The molecule has 1 fully saturated rings. The Hall–Kier alpha value is -2.16. The van der Waals surface area contributed by atoms with Crippen LogP contribution in [-0.2, 0) is 29.7 Å². The van der Waals surface area contributed by atoms with E-state index < -0.39 is 45.8 Å². The summed E-state index contributed by atoms with van der Waals surface area (Å²) in [5, 5.41) is 10.8. The van der Waals surface area contributed by atoms with Crippen molar-refractivity contribution in [3.8, 4) is 6.07 Å². The minimum absolute atomic E-state index is 0.268. The fourth-order valence-corrected chi connectivity index (χ4v) is 2.77. The molecular formula is C12H9F3N2O5S. The van der Waals surface area contributed by atoms with Crippen LogP contribution < -0.4 is 5.32 Å². The van der Waals surface area contributed by atoms with Crippen LogP contribution >= 0.6 is 0 Å². The van der Waals surface area contributed by atoms with Crippen LogP contribution in [0.1, 0.15) is 18.1 Å². The molecule has 1 aliphatic rings. The first-order valence-electron chi connectivity index (χ1n) is 6.00. The molecule has 1 amide bonds. The van der Waals surface area contributed by atoms with Gasteiger partial charge in [-0.2, -0.15) is 26.9 Å². The van der Waals surface area contributed by atoms with E-state index in [1.165, 1.54) is 6.07 Å². The number of nitrogens with one attached hydrogen (secondary N) is 1. The van der Waals surface area contributed by atoms with Crippen LogP contribution in [-0.4, -0.2) is 26.5 Å². The molecule has 1 aromatic rings. The lowest BCUT2D eigenvalue weighted by atomic mass is 10.1. The number of alkyl halides is 3. The summed E-state index contributed by atoms with van der Waals surface area (Å²) in [5.74, 6) is -1.00. The lowest BCUT2D eigenvalue weighted by molar-refractivity contribution is -0.137. The van der Waals surface area contributed by atoms with Gasteiger partial charge in [0.1, 0.15) is 6.61 Å². The maximum atomic E-state index is 12.8. The number of anilines is 1. The standard InChI is InChI=1S/C12H9F3N2O5S/c1-11(6-21-23(19,20)22-11)10(18)17-8-3-2-7(5-16)9(4-8)12(13,14)15/h2-4H,6H2,1H3,(H,17,18). The van der Waals surface area contributed by atoms with Gasteiger partial charge >= 0.3 is 16.6 Å². The molecule has 0 bridgehead atoms. The van der Waals surface area contributed by atoms with Crippen molar-refractivity contribution in [3.63, 3.8) is 0 Å². The average Bonchev–Trinajstić information content (AvgIpc) is 2.73. The van der Waals surface area contributed by atoms with E-state index >= 15 is 0 Å². The van der Waals surface area contributed by atoms with Gasteiger partial charge in [-0.15, -0.1) is 0 Å². The Kier molecular flexibility index (Phi) is 4.10. The van der Waals surface area contributed by atoms with Gasteiger partial charge in [0, 0.05) is 5.69 Å². The average molecular weight is 350 g/mol. The van der Waals surface area contributed by atoms with Gasteiger partial charge in [0.05, 0.1) is 17.2 Å². The van der Waals surface area contributed by atoms with E-state index in [9.17, 15) is 26.4 Å². The Balaban J connectivity index is 2.28. The van der Waals surface area contributed by atoms with Crippen LogP contribution in [0.3, 0.4) is 0 Å². The van der Waals surface area contributed by atoms with Gasteiger partial charge in [-0.05, 0) is 25.1 Å². The quantitative estimate of drug-likeness (QED) is 0.868. The zero-order chi connectivity index (χ0) is 17.5. The number of carbonyl (C=O) groups is 1. The molecule has 124 valence electrons. The number of rotatable bonds is 2. The molecule has 11 heteroatoms. The van der Waals surface area contributed by atoms with Crippen molar-refractivity contribution in [2.75, 3.05) is 11.9 Å². The summed E-state index contributed by atoms with van der Waals surface area (Å²) in [6.45, 7) is 0.505. The second-order valence-electron chi connectivity index (χ2n) is 4.81. The maximum Gasteiger partial charge on any atom is 0.417 e. The normalized spacial score (nSPS) is 23.3. The molecule has 1 aliphatic heterocycles. The molecule has 0 aromatic heterocycles. The second-order valence-corrected chi connectivity index (χ2v) is 6.03. The van der Waals surface area contributed by atoms with Crippen LogP contribution in [0, 0.1) is 11.3 Å². The Morgan fingerprint density at radius 3 is 2.57 bits per heavy atom. The van der Waals surface area contributed by atoms with Crippen molar-refractivity contribution in [2.45, 2.75) is 18.7 Å². The van der Waals surface area contributed by atoms with E-state index in [1.807, 2.05) is 0 Å². The number of hydrogen-bond donors (Lipinski definition) is 1. The highest BCUT2D eigenvalue weighted by molar-refractivity contribution is 7.82. The van der Waals surface area contributed by atoms with Gasteiger partial charge in [0.2, 0.25) is 0 Å². The van der Waals surface area contributed by atoms with Crippen molar-refractivity contribution in [3.05, 3.63) is 29.3 Å². The Bertz CT molecular complexity index is 800. The summed E-state index contributed by atoms with van der Waals surface area (Å²) in [4.78, 5) is 12.0. The number of nitrogens with zero attached hydrogens (tertiary/aromatic N) is 1. The van der Waals surface area contributed by atoms with Crippen LogP contribution in [0.5, 0.6) is 0 Å². The highest BCUT2D eigenvalue weighted by atomic mass is 32.3. The molecule has 0 radical (unpaired) electrons. The molecule has 1 aromatic carbocycles. The van der Waals surface area contributed by atoms with E-state index in [-0.39, 0.29) is 5.69 Å². The summed E-state index contributed by atoms with van der Waals surface area (Å²) in [6.07, 6.45) is -4.79. The fraction of sp³-hybridized carbons (Fsp3) is 0.333. The van der Waals surface area contributed by atoms with Gasteiger partial charge in [0.25, 0.3) is 5.91 Å². The molecule has 0 saturated carbocycles. The Labute approximate surface area is 128 Å². The van der Waals surface area contributed by atoms with Crippen molar-refractivity contribution in [1.29, 1.82) is 5.26 Å². The number of carbonyl (C=O) groups excluding carboxylic acids is 1. The maximum absolute atomic E-state index is 12.8. The van der Waals surface area contributed by atoms with Crippen LogP contribution in [0.2, 0.25) is 0 Å². The molecular weight excluding hydrogens is 341 g/mol. The molecule has 1 heterocycles. The number of hydrogen-bond acceptors (Lipinski definition) is 6. The molecule has 0 spiro atoms. The third-order valence-corrected chi connectivity index (χ3v) is 3.93. The molecule has 23 heavy (non-hydrogen) atoms. The zero-order valence-corrected chi connectivity index (χ0v) is 12.3. The predicted molar refractivity (Wildman–Crippen MR) is 69.2 cm³/mol. The van der Waals surface area contributed by atoms with Gasteiger partial charge < -0.3 is 5.32 Å². The molecule has 2 rings (SSSR count). The molecule has 1 N–H and O–H groups in total. The third kappa shape index (κ3) is 3.61. The monoisotopic (exact) mass is 350 g/mol. The van der Waals surface area contributed by atoms with Crippen LogP contribution in [0.4, 0.5) is 18.9 Å². The number of benzene rings is 1. The Morgan fingerprint density at radius 2 is 2.09 bits per heavy atom. The topological polar surface area (TPSA) is 105 Å². The summed E-state index contributed by atoms with van der Waals surface area (Å²) in [5.41, 5.74) is -4.00. The van der Waals surface area contributed by atoms with Crippen molar-refractivity contribution in [2.24, 2.45) is 0 Å². The van der Waals surface area contributed by atoms with Crippen molar-refractivity contribution >= 4 is 22.0 Å². The lowest BCUT2D eigenvalue weighted by Gasteiger charge is -2.19. The molecule has 1 unspecified atom stereocenters. The highest BCUT2D eigenvalue weighted by Gasteiger charge is 2.47. The van der Waals surface area contributed by atoms with Gasteiger partial charge in [0.15, 0.2) is 5.60 Å². The number of amides is 1. The van der Waals surface area contributed by atoms with E-state index in [2.05, 4.69) is 13.7 Å². The molecule has 1 saturated heterocycles. The van der Waals surface area contributed by atoms with Gasteiger partial charge in [-0.3, -0.25) is 4.79 Å². The molecule has 7 nitrogen and oxygen atoms in total. The van der Waals surface area contributed by atoms with Gasteiger partial charge in [-0.1, -0.05) is 0 Å². The third-order valence-electron chi connectivity index (χ3n) is 2.95. The summed E-state index contributed by atoms with van der Waals surface area (Å²) in [7, 11) is -4.32. The van der Waals surface area contributed by atoms with E-state index in [4.69, 9.17) is 5.26 Å². The van der Waals surface area contributed by atoms with Crippen molar-refractivity contribution in [1.82, 2.24) is 0 Å². The fourth-order valence-electron chi connectivity index (χ4n) is 1.78. The first-order chi connectivity index (χ1) is 10.5. The first-order valence-corrected chi connectivity index (χ1v) is 7.33.